The number of aliphatic hydroxyl groups is 1. The number of hydrogen-bond donors (Lipinski definition) is 2. The molecule has 0 saturated carbocycles. The summed E-state index contributed by atoms with van der Waals surface area (Å²) in [5.74, 6) is 0.520. The minimum absolute atomic E-state index is 0.0474. The highest BCUT2D eigenvalue weighted by Gasteiger charge is 2.41. The predicted molar refractivity (Wildman–Crippen MR) is 135 cm³/mol. The number of allylic oxidation sites excluding steroid dienone is 1. The number of ether oxygens (including phenoxy) is 1. The molecule has 186 valence electrons. The highest BCUT2D eigenvalue weighted by atomic mass is 32.2. The van der Waals surface area contributed by atoms with E-state index in [0.29, 0.717) is 17.9 Å². The van der Waals surface area contributed by atoms with Crippen molar-refractivity contribution in [1.29, 1.82) is 0 Å². The Hall–Kier alpha value is -3.14. The smallest absolute Gasteiger partial charge is 0.243 e. The maximum atomic E-state index is 13.9. The molecule has 3 atom stereocenters. The molecule has 1 aliphatic rings. The molecule has 0 aromatic heterocycles. The van der Waals surface area contributed by atoms with E-state index in [0.717, 1.165) is 5.56 Å². The van der Waals surface area contributed by atoms with Crippen molar-refractivity contribution in [3.63, 3.8) is 0 Å². The molecule has 1 unspecified atom stereocenters. The van der Waals surface area contributed by atoms with E-state index in [-0.39, 0.29) is 11.4 Å². The summed E-state index contributed by atoms with van der Waals surface area (Å²) in [5, 5.41) is 14.7. The first-order valence-electron chi connectivity index (χ1n) is 11.2. The van der Waals surface area contributed by atoms with Crippen molar-refractivity contribution in [2.45, 2.75) is 43.4 Å². The number of hydrogen-bond acceptors (Lipinski definition) is 6. The van der Waals surface area contributed by atoms with Gasteiger partial charge in [0.05, 0.1) is 24.2 Å². The fourth-order valence-corrected chi connectivity index (χ4v) is 5.72. The first kappa shape index (κ1) is 26.5. The Morgan fingerprint density at radius 2 is 1.86 bits per heavy atom. The molecule has 35 heavy (non-hydrogen) atoms. The molecule has 2 aromatic carbocycles. The molecule has 1 aliphatic carbocycles. The zero-order valence-corrected chi connectivity index (χ0v) is 20.8. The van der Waals surface area contributed by atoms with E-state index in [1.165, 1.54) is 23.5 Å². The average Bonchev–Trinajstić information content (AvgIpc) is 2.84. The van der Waals surface area contributed by atoms with Gasteiger partial charge in [0, 0.05) is 28.6 Å². The molecule has 0 radical (unpaired) electrons. The van der Waals surface area contributed by atoms with Crippen molar-refractivity contribution in [1.82, 2.24) is 4.31 Å². The third-order valence-corrected chi connectivity index (χ3v) is 7.95. The fourth-order valence-electron chi connectivity index (χ4n) is 3.99. The molecule has 3 rings (SSSR count). The van der Waals surface area contributed by atoms with Gasteiger partial charge in [-0.1, -0.05) is 67.5 Å². The fraction of sp³-hybridized carbons (Fsp3) is 0.360. The summed E-state index contributed by atoms with van der Waals surface area (Å²) in [7, 11) is -2.59. The predicted octanol–water partition coefficient (Wildman–Crippen LogP) is 3.78. The van der Waals surface area contributed by atoms with Gasteiger partial charge >= 0.3 is 0 Å². The van der Waals surface area contributed by atoms with Crippen molar-refractivity contribution in [2.24, 2.45) is 16.3 Å². The van der Waals surface area contributed by atoms with E-state index in [1.54, 1.807) is 30.4 Å². The van der Waals surface area contributed by atoms with Crippen LogP contribution in [0.5, 0.6) is 5.75 Å². The summed E-state index contributed by atoms with van der Waals surface area (Å²) in [6.07, 6.45) is 4.30. The lowest BCUT2D eigenvalue weighted by molar-refractivity contribution is 0.0991. The Labute approximate surface area is 206 Å². The number of nitrogens with zero attached hydrogens (tertiary/aromatic N) is 4. The van der Waals surface area contributed by atoms with Crippen molar-refractivity contribution < 1.29 is 18.3 Å². The maximum absolute atomic E-state index is 13.9. The summed E-state index contributed by atoms with van der Waals surface area (Å²) in [4.78, 5) is 2.88. The zero-order chi connectivity index (χ0) is 25.6. The molecular weight excluding hydrogens is 466 g/mol. The maximum Gasteiger partial charge on any atom is 0.243 e. The molecule has 10 heteroatoms. The first-order valence-corrected chi connectivity index (χ1v) is 12.6. The van der Waals surface area contributed by atoms with Gasteiger partial charge in [0.15, 0.2) is 0 Å². The van der Waals surface area contributed by atoms with Crippen LogP contribution in [0.25, 0.3) is 10.4 Å². The lowest BCUT2D eigenvalue weighted by Gasteiger charge is -2.41. The van der Waals surface area contributed by atoms with Gasteiger partial charge in [-0.15, -0.1) is 0 Å². The van der Waals surface area contributed by atoms with Gasteiger partial charge in [-0.2, -0.15) is 4.31 Å². The molecule has 0 heterocycles. The lowest BCUT2D eigenvalue weighted by Crippen LogP contribution is -2.53. The van der Waals surface area contributed by atoms with Crippen molar-refractivity contribution in [3.05, 3.63) is 94.5 Å². The largest absolute Gasteiger partial charge is 0.497 e. The van der Waals surface area contributed by atoms with Gasteiger partial charge in [-0.25, -0.2) is 8.42 Å². The molecule has 2 aromatic rings. The van der Waals surface area contributed by atoms with Crippen molar-refractivity contribution in [2.75, 3.05) is 13.7 Å². The number of benzene rings is 2. The van der Waals surface area contributed by atoms with Gasteiger partial charge in [0.2, 0.25) is 10.0 Å². The van der Waals surface area contributed by atoms with Gasteiger partial charge in [-0.05, 0) is 41.8 Å². The van der Waals surface area contributed by atoms with E-state index in [9.17, 15) is 13.5 Å². The number of azide groups is 1. The zero-order valence-electron chi connectivity index (χ0n) is 20.0. The van der Waals surface area contributed by atoms with Crippen molar-refractivity contribution in [3.8, 4) is 5.75 Å². The molecule has 9 nitrogen and oxygen atoms in total. The molecule has 0 saturated heterocycles. The van der Waals surface area contributed by atoms with Crippen LogP contribution in [-0.4, -0.2) is 49.7 Å². The summed E-state index contributed by atoms with van der Waals surface area (Å²) in [6, 6.07) is 14.1. The second kappa shape index (κ2) is 11.1. The van der Waals surface area contributed by atoms with E-state index in [1.807, 2.05) is 44.2 Å². The number of nitrogens with two attached hydrogens (primary N) is 1. The topological polar surface area (TPSA) is 142 Å². The quantitative estimate of drug-likeness (QED) is 0.292. The highest BCUT2D eigenvalue weighted by Crippen LogP contribution is 2.36. The number of aliphatic hydroxyl groups excluding tert-OH is 1. The average molecular weight is 498 g/mol. The first-order chi connectivity index (χ1) is 16.6. The highest BCUT2D eigenvalue weighted by molar-refractivity contribution is 7.89. The number of methoxy groups -OCH3 is 1. The Morgan fingerprint density at radius 1 is 1.20 bits per heavy atom. The third-order valence-electron chi connectivity index (χ3n) is 6.09. The van der Waals surface area contributed by atoms with Crippen LogP contribution in [0.2, 0.25) is 0 Å². The Morgan fingerprint density at radius 3 is 2.46 bits per heavy atom. The summed E-state index contributed by atoms with van der Waals surface area (Å²) in [6.45, 7) is 3.51. The Balaban J connectivity index is 2.00. The van der Waals surface area contributed by atoms with Gasteiger partial charge in [-0.3, -0.25) is 0 Å². The lowest BCUT2D eigenvalue weighted by atomic mass is 9.80. The van der Waals surface area contributed by atoms with Gasteiger partial charge in [0.1, 0.15) is 5.75 Å². The van der Waals surface area contributed by atoms with Gasteiger partial charge < -0.3 is 15.6 Å². The molecule has 0 spiro atoms. The molecule has 0 amide bonds. The molecule has 0 fully saturated rings. The van der Waals surface area contributed by atoms with Crippen LogP contribution >= 0.6 is 0 Å². The normalized spacial score (nSPS) is 18.9. The van der Waals surface area contributed by atoms with Crippen LogP contribution in [0, 0.1) is 5.41 Å². The number of sulfonamides is 1. The second-order valence-electron chi connectivity index (χ2n) is 9.05. The summed E-state index contributed by atoms with van der Waals surface area (Å²) >= 11 is 0. The second-order valence-corrected chi connectivity index (χ2v) is 10.9. The Kier molecular flexibility index (Phi) is 8.37. The minimum Gasteiger partial charge on any atom is -0.497 e. The molecule has 0 bridgehead atoms. The third kappa shape index (κ3) is 6.30. The standard InChI is InChI=1S/C25H31N5O4S/c1-25(2)14-13-19(28-29-27)16-24(25)30(35(32,33)21-11-9-20(34-3)10-12-21)17-23(31)22(26)15-18-7-5-4-6-8-18/h4-14,16,22-24,31H,15,17,26H2,1-3H3/t22-,23+,24?/m0/s1. The van der Waals surface area contributed by atoms with Crippen LogP contribution in [0.15, 0.2) is 88.5 Å². The summed E-state index contributed by atoms with van der Waals surface area (Å²) < 4.78 is 34.1. The van der Waals surface area contributed by atoms with E-state index in [2.05, 4.69) is 10.0 Å². The van der Waals surface area contributed by atoms with E-state index >= 15 is 0 Å². The van der Waals surface area contributed by atoms with Crippen LogP contribution in [0.4, 0.5) is 0 Å². The summed E-state index contributed by atoms with van der Waals surface area (Å²) in [5.41, 5.74) is 15.8. The van der Waals surface area contributed by atoms with Gasteiger partial charge in [0.25, 0.3) is 0 Å². The number of rotatable bonds is 10. The minimum atomic E-state index is -4.09. The molecule has 3 N–H and O–H groups in total. The van der Waals surface area contributed by atoms with E-state index < -0.39 is 33.6 Å². The van der Waals surface area contributed by atoms with E-state index in [4.69, 9.17) is 16.0 Å². The monoisotopic (exact) mass is 497 g/mol. The molecule has 0 aliphatic heterocycles. The SMILES string of the molecule is COc1ccc(S(=O)(=O)N(C[C@@H](O)[C@@H](N)Cc2ccccc2)C2C=C(N=[N+]=[N-])C=CC2(C)C)cc1. The van der Waals surface area contributed by atoms with Crippen LogP contribution < -0.4 is 10.5 Å². The van der Waals surface area contributed by atoms with Crippen LogP contribution in [0.3, 0.4) is 0 Å². The van der Waals surface area contributed by atoms with Crippen LogP contribution in [-0.2, 0) is 16.4 Å². The van der Waals surface area contributed by atoms with Crippen molar-refractivity contribution >= 4 is 10.0 Å². The molecular formula is C25H31N5O4S. The van der Waals surface area contributed by atoms with Crippen LogP contribution in [0.1, 0.15) is 19.4 Å². The Bertz CT molecular complexity index is 1220.